The van der Waals surface area contributed by atoms with Crippen molar-refractivity contribution in [1.82, 2.24) is 19.6 Å². The fraction of sp³-hybridized carbons (Fsp3) is 0.391. The number of aromatic nitrogens is 2. The maximum Gasteiger partial charge on any atom is 0.273 e. The van der Waals surface area contributed by atoms with E-state index in [9.17, 15) is 13.2 Å². The average molecular weight is 485 g/mol. The van der Waals surface area contributed by atoms with Crippen LogP contribution in [-0.2, 0) is 20.3 Å². The van der Waals surface area contributed by atoms with E-state index in [1.807, 2.05) is 30.3 Å². The van der Waals surface area contributed by atoms with Crippen LogP contribution in [0.5, 0.6) is 0 Å². The van der Waals surface area contributed by atoms with Gasteiger partial charge in [0.15, 0.2) is 11.5 Å². The van der Waals surface area contributed by atoms with Crippen LogP contribution in [0.1, 0.15) is 42.7 Å². The molecule has 3 N–H and O–H groups in total. The maximum absolute atomic E-state index is 13.4. The molecule has 1 amide bonds. The number of allylic oxidation sites excluding steroid dienone is 1. The summed E-state index contributed by atoms with van der Waals surface area (Å²) in [5.41, 5.74) is 7.47. The number of carbonyl (C=O) groups is 1. The number of nitrogens with one attached hydrogen (secondary N) is 1. The lowest BCUT2D eigenvalue weighted by Crippen LogP contribution is -2.51. The van der Waals surface area contributed by atoms with Gasteiger partial charge in [0, 0.05) is 37.4 Å². The molecule has 0 bridgehead atoms. The van der Waals surface area contributed by atoms with E-state index in [1.54, 1.807) is 13.8 Å². The van der Waals surface area contributed by atoms with Gasteiger partial charge in [0.25, 0.3) is 5.91 Å². The molecule has 180 valence electrons. The second kappa shape index (κ2) is 9.51. The Morgan fingerprint density at radius 3 is 2.47 bits per heavy atom. The van der Waals surface area contributed by atoms with E-state index in [4.69, 9.17) is 10.6 Å². The molecule has 1 fully saturated rings. The first-order valence-electron chi connectivity index (χ1n) is 11.0. The summed E-state index contributed by atoms with van der Waals surface area (Å²) in [6.45, 7) is 4.48. The number of hydrogen-bond acceptors (Lipinski definition) is 8. The fourth-order valence-corrected chi connectivity index (χ4v) is 6.38. The molecule has 10 nitrogen and oxygen atoms in total. The Morgan fingerprint density at radius 1 is 1.15 bits per heavy atom. The number of oxime groups is 1. The van der Waals surface area contributed by atoms with Crippen LogP contribution in [0.4, 0.5) is 5.82 Å². The predicted molar refractivity (Wildman–Crippen MR) is 128 cm³/mol. The third kappa shape index (κ3) is 4.53. The minimum Gasteiger partial charge on any atom is -0.391 e. The van der Waals surface area contributed by atoms with Gasteiger partial charge in [-0.15, -0.1) is 0 Å². The van der Waals surface area contributed by atoms with E-state index in [2.05, 4.69) is 20.4 Å². The van der Waals surface area contributed by atoms with E-state index in [0.717, 1.165) is 5.56 Å². The minimum atomic E-state index is -3.72. The first kappa shape index (κ1) is 23.8. The molecular formula is C23H28N6O4S. The first-order valence-corrected chi connectivity index (χ1v) is 12.5. The third-order valence-corrected chi connectivity index (χ3v) is 8.60. The molecule has 1 aromatic carbocycles. The molecule has 2 aromatic rings. The highest BCUT2D eigenvalue weighted by atomic mass is 32.2. The number of carbonyl (C=O) groups excluding carboxylic acids is 1. The van der Waals surface area contributed by atoms with Gasteiger partial charge in [0.05, 0.1) is 5.71 Å². The summed E-state index contributed by atoms with van der Waals surface area (Å²) in [4.78, 5) is 26.0. The topological polar surface area (TPSA) is 140 Å². The van der Waals surface area contributed by atoms with Gasteiger partial charge < -0.3 is 15.9 Å². The quantitative estimate of drug-likeness (QED) is 0.637. The number of sulfonamides is 1. The van der Waals surface area contributed by atoms with Crippen LogP contribution in [0.15, 0.2) is 58.4 Å². The number of amides is 1. The molecule has 1 aromatic heterocycles. The summed E-state index contributed by atoms with van der Waals surface area (Å²) >= 11 is 0. The van der Waals surface area contributed by atoms with E-state index < -0.39 is 21.3 Å². The molecule has 0 spiro atoms. The monoisotopic (exact) mass is 484 g/mol. The van der Waals surface area contributed by atoms with Crippen LogP contribution in [0.2, 0.25) is 0 Å². The van der Waals surface area contributed by atoms with Crippen LogP contribution in [0, 0.1) is 0 Å². The van der Waals surface area contributed by atoms with Gasteiger partial charge in [-0.25, -0.2) is 18.4 Å². The zero-order valence-electron chi connectivity index (χ0n) is 19.2. The Kier molecular flexibility index (Phi) is 6.67. The van der Waals surface area contributed by atoms with E-state index in [1.165, 1.54) is 16.7 Å². The number of benzene rings is 1. The van der Waals surface area contributed by atoms with Gasteiger partial charge >= 0.3 is 0 Å². The number of piperidine rings is 1. The van der Waals surface area contributed by atoms with Gasteiger partial charge in [-0.1, -0.05) is 35.5 Å². The highest BCUT2D eigenvalue weighted by Gasteiger charge is 2.42. The molecule has 0 atom stereocenters. The van der Waals surface area contributed by atoms with Crippen molar-refractivity contribution in [2.24, 2.45) is 5.16 Å². The Balaban J connectivity index is 1.56. The molecule has 4 rings (SSSR count). The molecule has 0 aliphatic carbocycles. The third-order valence-electron chi connectivity index (χ3n) is 6.39. The van der Waals surface area contributed by atoms with Crippen molar-refractivity contribution in [2.45, 2.75) is 32.1 Å². The Labute approximate surface area is 199 Å². The van der Waals surface area contributed by atoms with Crippen molar-refractivity contribution < 1.29 is 18.0 Å². The van der Waals surface area contributed by atoms with Crippen LogP contribution in [-0.4, -0.2) is 60.6 Å². The van der Waals surface area contributed by atoms with E-state index >= 15 is 0 Å². The smallest absolute Gasteiger partial charge is 0.273 e. The molecule has 2 aliphatic rings. The Hall–Kier alpha value is -3.31. The van der Waals surface area contributed by atoms with Gasteiger partial charge in [-0.2, -0.15) is 4.31 Å². The van der Waals surface area contributed by atoms with Crippen molar-refractivity contribution in [3.05, 3.63) is 64.5 Å². The second-order valence-electron chi connectivity index (χ2n) is 8.58. The molecule has 34 heavy (non-hydrogen) atoms. The summed E-state index contributed by atoms with van der Waals surface area (Å²) in [6, 6.07) is 9.83. The van der Waals surface area contributed by atoms with Crippen LogP contribution < -0.4 is 11.1 Å². The molecule has 3 heterocycles. The Bertz CT molecular complexity index is 1240. The molecule has 0 radical (unpaired) electrons. The molecule has 0 saturated carbocycles. The average Bonchev–Trinajstić information content (AvgIpc) is 2.83. The summed E-state index contributed by atoms with van der Waals surface area (Å²) in [7, 11) is -3.72. The SMILES string of the molecule is CC1=NOCC(C)=C1S(=O)(=O)N1CCC(CNC(=O)c2nccnc2N)(c2ccccc2)CC1. The molecule has 2 aliphatic heterocycles. The summed E-state index contributed by atoms with van der Waals surface area (Å²) in [5.74, 6) is -0.349. The van der Waals surface area contributed by atoms with Crippen LogP contribution >= 0.6 is 0 Å². The first-order chi connectivity index (χ1) is 16.2. The largest absolute Gasteiger partial charge is 0.391 e. The zero-order valence-corrected chi connectivity index (χ0v) is 20.0. The molecule has 0 unspecified atom stereocenters. The number of nitrogens with two attached hydrogens (primary N) is 1. The standard InChI is InChI=1S/C23H28N6O4S/c1-16-14-33-28-17(2)20(16)34(31,32)29-12-8-23(9-13-29,18-6-4-3-5-7-18)15-27-22(30)19-21(24)26-11-10-25-19/h3-7,10-11H,8-9,12-15H2,1-2H3,(H2,24,26)(H,27,30). The van der Waals surface area contributed by atoms with Gasteiger partial charge in [0.1, 0.15) is 11.5 Å². The van der Waals surface area contributed by atoms with Crippen LogP contribution in [0.25, 0.3) is 0 Å². The highest BCUT2D eigenvalue weighted by Crippen LogP contribution is 2.37. The number of rotatable bonds is 6. The number of hydrogen-bond donors (Lipinski definition) is 2. The second-order valence-corrected chi connectivity index (χ2v) is 10.5. The summed E-state index contributed by atoms with van der Waals surface area (Å²) in [6.07, 6.45) is 3.91. The lowest BCUT2D eigenvalue weighted by atomic mass is 9.73. The van der Waals surface area contributed by atoms with Gasteiger partial charge in [-0.05, 0) is 37.8 Å². The maximum atomic E-state index is 13.4. The van der Waals surface area contributed by atoms with E-state index in [0.29, 0.717) is 43.8 Å². The predicted octanol–water partition coefficient (Wildman–Crippen LogP) is 1.83. The lowest BCUT2D eigenvalue weighted by molar-refractivity contribution is 0.0928. The van der Waals surface area contributed by atoms with Crippen molar-refractivity contribution in [3.63, 3.8) is 0 Å². The number of anilines is 1. The van der Waals surface area contributed by atoms with Crippen molar-refractivity contribution in [1.29, 1.82) is 0 Å². The van der Waals surface area contributed by atoms with Crippen molar-refractivity contribution in [3.8, 4) is 0 Å². The Morgan fingerprint density at radius 2 is 1.82 bits per heavy atom. The minimum absolute atomic E-state index is 0.0619. The number of nitrogen functional groups attached to an aromatic ring is 1. The van der Waals surface area contributed by atoms with Gasteiger partial charge in [0.2, 0.25) is 10.0 Å². The normalized spacial score (nSPS) is 18.7. The highest BCUT2D eigenvalue weighted by molar-refractivity contribution is 7.94. The zero-order chi connectivity index (χ0) is 24.3. The number of nitrogens with zero attached hydrogens (tertiary/aromatic N) is 4. The molecule has 11 heteroatoms. The summed E-state index contributed by atoms with van der Waals surface area (Å²) < 4.78 is 28.4. The van der Waals surface area contributed by atoms with Crippen LogP contribution in [0.3, 0.4) is 0 Å². The summed E-state index contributed by atoms with van der Waals surface area (Å²) in [5, 5.41) is 6.81. The van der Waals surface area contributed by atoms with Gasteiger partial charge in [-0.3, -0.25) is 4.79 Å². The van der Waals surface area contributed by atoms with Crippen molar-refractivity contribution >= 4 is 27.5 Å². The van der Waals surface area contributed by atoms with E-state index in [-0.39, 0.29) is 23.0 Å². The molecule has 1 saturated heterocycles. The lowest BCUT2D eigenvalue weighted by Gasteiger charge is -2.42. The fourth-order valence-electron chi connectivity index (χ4n) is 4.55. The van der Waals surface area contributed by atoms with Crippen molar-refractivity contribution in [2.75, 3.05) is 32.0 Å². The molecular weight excluding hydrogens is 456 g/mol.